The van der Waals surface area contributed by atoms with Crippen LogP contribution in [0.5, 0.6) is 0 Å². The molecule has 0 unspecified atom stereocenters. The first-order valence-electron chi connectivity index (χ1n) is 2.02. The molecule has 0 aliphatic carbocycles. The second-order valence-corrected chi connectivity index (χ2v) is 3.38. The van der Waals surface area contributed by atoms with Gasteiger partial charge in [0.2, 0.25) is 0 Å². The van der Waals surface area contributed by atoms with Crippen molar-refractivity contribution in [3.05, 3.63) is 0 Å². The summed E-state index contributed by atoms with van der Waals surface area (Å²) >= 11 is 11.7. The van der Waals surface area contributed by atoms with E-state index in [1.54, 1.807) is 0 Å². The third kappa shape index (κ3) is 4.59. The fraction of sp³-hybridized carbons (Fsp3) is 0.750. The summed E-state index contributed by atoms with van der Waals surface area (Å²) in [5.74, 6) is 0. The maximum atomic E-state index is 5.35. The normalized spacial score (nSPS) is 8.86. The van der Waals surface area contributed by atoms with Gasteiger partial charge in [0, 0.05) is 4.20 Å². The molecule has 0 aromatic rings. The van der Waals surface area contributed by atoms with Gasteiger partial charge in [-0.05, 0) is 6.42 Å². The van der Waals surface area contributed by atoms with Crippen molar-refractivity contribution >= 4 is 39.8 Å². The van der Waals surface area contributed by atoms with Gasteiger partial charge < -0.3 is 0 Å². The Balaban J connectivity index is 3.00. The SMILES string of the molecule is CCC(=S)SCCl. The average Bonchev–Trinajstić information content (AvgIpc) is 1.68. The molecule has 0 rings (SSSR count). The predicted molar refractivity (Wildman–Crippen MR) is 41.2 cm³/mol. The van der Waals surface area contributed by atoms with Crippen LogP contribution in [0.1, 0.15) is 13.3 Å². The molecule has 42 valence electrons. The lowest BCUT2D eigenvalue weighted by Crippen LogP contribution is -1.80. The van der Waals surface area contributed by atoms with Crippen LogP contribution >= 0.6 is 35.6 Å². The molecule has 0 N–H and O–H groups in total. The summed E-state index contributed by atoms with van der Waals surface area (Å²) < 4.78 is 0.995. The van der Waals surface area contributed by atoms with Crippen LogP contribution < -0.4 is 0 Å². The van der Waals surface area contributed by atoms with Crippen LogP contribution in [0.25, 0.3) is 0 Å². The minimum Gasteiger partial charge on any atom is -0.114 e. The van der Waals surface area contributed by atoms with Crippen molar-refractivity contribution in [2.24, 2.45) is 0 Å². The summed E-state index contributed by atoms with van der Waals surface area (Å²) in [4.78, 5) is 0. The Morgan fingerprint density at radius 2 is 2.43 bits per heavy atom. The molecule has 0 atom stereocenters. The minimum atomic E-state index is 0.590. The molecule has 0 aliphatic rings. The lowest BCUT2D eigenvalue weighted by molar-refractivity contribution is 1.35. The zero-order chi connectivity index (χ0) is 5.70. The number of alkyl halides is 1. The largest absolute Gasteiger partial charge is 0.114 e. The summed E-state index contributed by atoms with van der Waals surface area (Å²) in [6, 6.07) is 0. The first kappa shape index (κ1) is 7.73. The molecular weight excluding hydrogens is 148 g/mol. The van der Waals surface area contributed by atoms with E-state index in [9.17, 15) is 0 Å². The molecule has 0 heterocycles. The molecule has 0 fully saturated rings. The third-order valence-electron chi connectivity index (χ3n) is 0.504. The molecule has 0 bridgehead atoms. The van der Waals surface area contributed by atoms with Crippen molar-refractivity contribution in [2.45, 2.75) is 13.3 Å². The van der Waals surface area contributed by atoms with Crippen molar-refractivity contribution < 1.29 is 0 Å². The maximum Gasteiger partial charge on any atom is 0.0732 e. The maximum absolute atomic E-state index is 5.35. The van der Waals surface area contributed by atoms with Crippen LogP contribution in [0, 0.1) is 0 Å². The fourth-order valence-electron chi connectivity index (χ4n) is 0.163. The Bertz CT molecular complexity index is 62.7. The van der Waals surface area contributed by atoms with Crippen LogP contribution in [0.4, 0.5) is 0 Å². The molecule has 0 aromatic carbocycles. The van der Waals surface area contributed by atoms with Crippen molar-refractivity contribution in [2.75, 3.05) is 5.21 Å². The summed E-state index contributed by atoms with van der Waals surface area (Å²) in [5, 5.41) is 0.590. The molecule has 0 nitrogen and oxygen atoms in total. The van der Waals surface area contributed by atoms with Gasteiger partial charge in [-0.2, -0.15) is 0 Å². The van der Waals surface area contributed by atoms with Gasteiger partial charge in [0.25, 0.3) is 0 Å². The Labute approximate surface area is 58.6 Å². The number of thioether (sulfide) groups is 1. The van der Waals surface area contributed by atoms with Crippen molar-refractivity contribution in [1.82, 2.24) is 0 Å². The number of halogens is 1. The zero-order valence-corrected chi connectivity index (χ0v) is 6.50. The Morgan fingerprint density at radius 1 is 1.86 bits per heavy atom. The standard InChI is InChI=1S/C4H7ClS2/c1-2-4(6)7-3-5/h2-3H2,1H3. The van der Waals surface area contributed by atoms with E-state index in [-0.39, 0.29) is 0 Å². The van der Waals surface area contributed by atoms with Crippen LogP contribution in [0.15, 0.2) is 0 Å². The monoisotopic (exact) mass is 154 g/mol. The van der Waals surface area contributed by atoms with Gasteiger partial charge >= 0.3 is 0 Å². The highest BCUT2D eigenvalue weighted by Crippen LogP contribution is 2.07. The van der Waals surface area contributed by atoms with Crippen molar-refractivity contribution in [3.63, 3.8) is 0 Å². The Hall–Kier alpha value is 0.730. The van der Waals surface area contributed by atoms with Crippen LogP contribution in [-0.2, 0) is 0 Å². The Morgan fingerprint density at radius 3 is 2.57 bits per heavy atom. The number of rotatable bonds is 2. The molecule has 0 aliphatic heterocycles. The lowest BCUT2D eigenvalue weighted by atomic mass is 10.6. The summed E-state index contributed by atoms with van der Waals surface area (Å²) in [6.07, 6.45) is 0.951. The lowest BCUT2D eigenvalue weighted by Gasteiger charge is -1.90. The average molecular weight is 155 g/mol. The molecule has 0 aromatic heterocycles. The quantitative estimate of drug-likeness (QED) is 0.443. The molecule has 0 radical (unpaired) electrons. The van der Waals surface area contributed by atoms with Crippen LogP contribution in [0.2, 0.25) is 0 Å². The van der Waals surface area contributed by atoms with Gasteiger partial charge in [-0.15, -0.1) is 23.4 Å². The van der Waals surface area contributed by atoms with Gasteiger partial charge in [0.1, 0.15) is 0 Å². The van der Waals surface area contributed by atoms with E-state index >= 15 is 0 Å². The predicted octanol–water partition coefficient (Wildman–Crippen LogP) is 2.65. The summed E-state index contributed by atoms with van der Waals surface area (Å²) in [5.41, 5.74) is 0. The molecule has 0 saturated heterocycles. The van der Waals surface area contributed by atoms with E-state index in [0.717, 1.165) is 10.6 Å². The highest BCUT2D eigenvalue weighted by molar-refractivity contribution is 8.23. The first-order valence-corrected chi connectivity index (χ1v) is 3.95. The summed E-state index contributed by atoms with van der Waals surface area (Å²) in [6.45, 7) is 2.03. The molecule has 0 spiro atoms. The number of hydrogen-bond acceptors (Lipinski definition) is 2. The molecular formula is C4H7ClS2. The summed E-state index contributed by atoms with van der Waals surface area (Å²) in [7, 11) is 0. The van der Waals surface area contributed by atoms with Gasteiger partial charge in [-0.1, -0.05) is 19.1 Å². The minimum absolute atomic E-state index is 0.590. The smallest absolute Gasteiger partial charge is 0.0732 e. The fourth-order valence-corrected chi connectivity index (χ4v) is 1.25. The van der Waals surface area contributed by atoms with Crippen LogP contribution in [0.3, 0.4) is 0 Å². The van der Waals surface area contributed by atoms with E-state index in [2.05, 4.69) is 0 Å². The molecule has 3 heteroatoms. The first-order chi connectivity index (χ1) is 3.31. The van der Waals surface area contributed by atoms with E-state index in [4.69, 9.17) is 23.8 Å². The van der Waals surface area contributed by atoms with E-state index in [0.29, 0.717) is 5.21 Å². The van der Waals surface area contributed by atoms with Gasteiger partial charge in [0.15, 0.2) is 0 Å². The second-order valence-electron chi connectivity index (χ2n) is 0.979. The highest BCUT2D eigenvalue weighted by Gasteiger charge is 1.87. The van der Waals surface area contributed by atoms with Crippen molar-refractivity contribution in [1.29, 1.82) is 0 Å². The Kier molecular flexibility index (Phi) is 5.39. The van der Waals surface area contributed by atoms with E-state index in [1.807, 2.05) is 6.92 Å². The second kappa shape index (κ2) is 4.88. The number of thiocarbonyl (C=S) groups is 1. The molecule has 0 amide bonds. The van der Waals surface area contributed by atoms with Gasteiger partial charge in [-0.3, -0.25) is 0 Å². The van der Waals surface area contributed by atoms with Crippen molar-refractivity contribution in [3.8, 4) is 0 Å². The molecule has 0 saturated carbocycles. The van der Waals surface area contributed by atoms with E-state index < -0.39 is 0 Å². The van der Waals surface area contributed by atoms with Gasteiger partial charge in [-0.25, -0.2) is 0 Å². The van der Waals surface area contributed by atoms with Gasteiger partial charge in [0.05, 0.1) is 5.21 Å². The highest BCUT2D eigenvalue weighted by atomic mass is 35.5. The third-order valence-corrected chi connectivity index (χ3v) is 2.19. The topological polar surface area (TPSA) is 0 Å². The number of hydrogen-bond donors (Lipinski definition) is 0. The van der Waals surface area contributed by atoms with E-state index in [1.165, 1.54) is 11.8 Å². The zero-order valence-electron chi connectivity index (χ0n) is 4.11. The van der Waals surface area contributed by atoms with Crippen LogP contribution in [-0.4, -0.2) is 9.41 Å². The molecule has 7 heavy (non-hydrogen) atoms.